The van der Waals surface area contributed by atoms with Gasteiger partial charge in [-0.05, 0) is 42.3 Å². The van der Waals surface area contributed by atoms with E-state index in [1.165, 1.54) is 0 Å². The second kappa shape index (κ2) is 10.2. The van der Waals surface area contributed by atoms with Crippen LogP contribution in [0.1, 0.15) is 5.56 Å². The molecule has 8 heteroatoms. The van der Waals surface area contributed by atoms with Crippen LogP contribution in [0.2, 0.25) is 5.02 Å². The Morgan fingerprint density at radius 3 is 2.59 bits per heavy atom. The normalized spacial score (nSPS) is 13.7. The van der Waals surface area contributed by atoms with Crippen LogP contribution in [0.3, 0.4) is 0 Å². The summed E-state index contributed by atoms with van der Waals surface area (Å²) in [6.07, 6.45) is 0.666. The van der Waals surface area contributed by atoms with Crippen molar-refractivity contribution >= 4 is 29.0 Å². The smallest absolute Gasteiger partial charge is 0.319 e. The van der Waals surface area contributed by atoms with Crippen molar-refractivity contribution in [2.45, 2.75) is 6.42 Å². The molecule has 1 aliphatic rings. The minimum absolute atomic E-state index is 0.276. The lowest BCUT2D eigenvalue weighted by molar-refractivity contribution is 0.123. The summed E-state index contributed by atoms with van der Waals surface area (Å²) >= 11 is 6.14. The van der Waals surface area contributed by atoms with Gasteiger partial charge in [0.2, 0.25) is 0 Å². The maximum Gasteiger partial charge on any atom is 0.319 e. The van der Waals surface area contributed by atoms with E-state index in [0.29, 0.717) is 48.4 Å². The maximum absolute atomic E-state index is 12.4. The molecule has 0 saturated carbocycles. The number of amides is 2. The highest BCUT2D eigenvalue weighted by atomic mass is 35.5. The van der Waals surface area contributed by atoms with E-state index >= 15 is 0 Å². The molecule has 2 aromatic carbocycles. The van der Waals surface area contributed by atoms with Gasteiger partial charge in [0.05, 0.1) is 38.8 Å². The van der Waals surface area contributed by atoms with Crippen LogP contribution in [-0.2, 0) is 11.2 Å². The van der Waals surface area contributed by atoms with Crippen molar-refractivity contribution in [1.29, 1.82) is 0 Å². The summed E-state index contributed by atoms with van der Waals surface area (Å²) in [5.74, 6) is 1.35. The first-order valence-corrected chi connectivity index (χ1v) is 9.86. The number of carbonyl (C=O) groups excluding carboxylic acids is 1. The number of benzene rings is 2. The predicted octanol–water partition coefficient (Wildman–Crippen LogP) is 3.56. The van der Waals surface area contributed by atoms with E-state index in [1.807, 2.05) is 30.3 Å². The zero-order valence-corrected chi connectivity index (χ0v) is 17.4. The number of methoxy groups -OCH3 is 2. The number of hydrogen-bond donors (Lipinski definition) is 2. The molecule has 0 aromatic heterocycles. The van der Waals surface area contributed by atoms with Crippen molar-refractivity contribution in [3.8, 4) is 11.5 Å². The molecular weight excluding hydrogens is 394 g/mol. The summed E-state index contributed by atoms with van der Waals surface area (Å²) in [6, 6.07) is 11.0. The molecule has 0 spiro atoms. The van der Waals surface area contributed by atoms with E-state index < -0.39 is 0 Å². The molecule has 0 unspecified atom stereocenters. The van der Waals surface area contributed by atoms with Crippen molar-refractivity contribution in [3.63, 3.8) is 0 Å². The molecular formula is C21H26ClN3O4. The first-order valence-electron chi connectivity index (χ1n) is 9.48. The summed E-state index contributed by atoms with van der Waals surface area (Å²) in [6.45, 7) is 3.36. The largest absolute Gasteiger partial charge is 0.493 e. The number of nitrogens with one attached hydrogen (secondary N) is 2. The Hall–Kier alpha value is -2.64. The summed E-state index contributed by atoms with van der Waals surface area (Å²) in [5.41, 5.74) is 2.66. The fraction of sp³-hybridized carbons (Fsp3) is 0.381. The average molecular weight is 420 g/mol. The van der Waals surface area contributed by atoms with Gasteiger partial charge in [-0.25, -0.2) is 4.79 Å². The third-order valence-electron chi connectivity index (χ3n) is 4.71. The number of halogens is 1. The molecule has 1 fully saturated rings. The molecule has 7 nitrogen and oxygen atoms in total. The average Bonchev–Trinajstić information content (AvgIpc) is 2.74. The molecule has 0 bridgehead atoms. The Balaban J connectivity index is 1.58. The number of morpholine rings is 1. The molecule has 1 saturated heterocycles. The van der Waals surface area contributed by atoms with Gasteiger partial charge in [-0.2, -0.15) is 0 Å². The van der Waals surface area contributed by atoms with E-state index in [0.717, 1.165) is 24.3 Å². The van der Waals surface area contributed by atoms with Crippen LogP contribution in [0.4, 0.5) is 16.2 Å². The molecule has 0 radical (unpaired) electrons. The Labute approximate surface area is 175 Å². The highest BCUT2D eigenvalue weighted by molar-refractivity contribution is 6.31. The number of rotatable bonds is 7. The van der Waals surface area contributed by atoms with Gasteiger partial charge in [0, 0.05) is 24.7 Å². The minimum atomic E-state index is -0.276. The van der Waals surface area contributed by atoms with Crippen molar-refractivity contribution in [3.05, 3.63) is 47.0 Å². The molecule has 2 amide bonds. The summed E-state index contributed by atoms with van der Waals surface area (Å²) < 4.78 is 16.0. The molecule has 2 aromatic rings. The summed E-state index contributed by atoms with van der Waals surface area (Å²) in [7, 11) is 3.20. The molecule has 0 atom stereocenters. The van der Waals surface area contributed by atoms with Gasteiger partial charge in [-0.15, -0.1) is 0 Å². The molecule has 1 aliphatic heterocycles. The number of hydrogen-bond acceptors (Lipinski definition) is 5. The zero-order valence-electron chi connectivity index (χ0n) is 16.7. The van der Waals surface area contributed by atoms with Gasteiger partial charge in [0.25, 0.3) is 0 Å². The highest BCUT2D eigenvalue weighted by Crippen LogP contribution is 2.30. The molecule has 2 N–H and O–H groups in total. The van der Waals surface area contributed by atoms with Crippen molar-refractivity contribution in [2.24, 2.45) is 0 Å². The lowest BCUT2D eigenvalue weighted by atomic mass is 10.1. The van der Waals surface area contributed by atoms with E-state index in [-0.39, 0.29) is 6.03 Å². The molecule has 29 heavy (non-hydrogen) atoms. The summed E-state index contributed by atoms with van der Waals surface area (Å²) in [5, 5.41) is 6.37. The van der Waals surface area contributed by atoms with E-state index in [4.69, 9.17) is 25.8 Å². The van der Waals surface area contributed by atoms with Crippen LogP contribution in [-0.4, -0.2) is 53.1 Å². The highest BCUT2D eigenvalue weighted by Gasteiger charge is 2.16. The van der Waals surface area contributed by atoms with E-state index in [9.17, 15) is 4.79 Å². The maximum atomic E-state index is 12.4. The van der Waals surface area contributed by atoms with Gasteiger partial charge in [0.1, 0.15) is 0 Å². The third kappa shape index (κ3) is 5.68. The number of nitrogens with zero attached hydrogens (tertiary/aromatic N) is 1. The number of carbonyl (C=O) groups is 1. The van der Waals surface area contributed by atoms with Crippen molar-refractivity contribution in [2.75, 3.05) is 57.3 Å². The van der Waals surface area contributed by atoms with Crippen molar-refractivity contribution in [1.82, 2.24) is 5.32 Å². The zero-order chi connectivity index (χ0) is 20.6. The van der Waals surface area contributed by atoms with Gasteiger partial charge >= 0.3 is 6.03 Å². The molecule has 1 heterocycles. The van der Waals surface area contributed by atoms with Gasteiger partial charge in [-0.3, -0.25) is 0 Å². The SMILES string of the molecule is COc1ccc(CCNC(=O)Nc2cc(Cl)ccc2N2CCOCC2)cc1OC. The van der Waals surface area contributed by atoms with Crippen molar-refractivity contribution < 1.29 is 19.0 Å². The fourth-order valence-electron chi connectivity index (χ4n) is 3.21. The number of anilines is 2. The standard InChI is InChI=1S/C21H26ClN3O4/c1-27-19-6-3-15(13-20(19)28-2)7-8-23-21(26)24-17-14-16(22)4-5-18(17)25-9-11-29-12-10-25/h3-6,13-14H,7-12H2,1-2H3,(H2,23,24,26). The second-order valence-corrected chi connectivity index (χ2v) is 7.02. The molecule has 156 valence electrons. The van der Waals surface area contributed by atoms with Crippen LogP contribution >= 0.6 is 11.6 Å². The quantitative estimate of drug-likeness (QED) is 0.718. The van der Waals surface area contributed by atoms with E-state index in [1.54, 1.807) is 20.3 Å². The number of urea groups is 1. The minimum Gasteiger partial charge on any atom is -0.493 e. The van der Waals surface area contributed by atoms with Gasteiger partial charge in [0.15, 0.2) is 11.5 Å². The lowest BCUT2D eigenvalue weighted by Crippen LogP contribution is -2.37. The fourth-order valence-corrected chi connectivity index (χ4v) is 3.38. The van der Waals surface area contributed by atoms with Crippen LogP contribution < -0.4 is 25.0 Å². The van der Waals surface area contributed by atoms with Crippen LogP contribution in [0, 0.1) is 0 Å². The van der Waals surface area contributed by atoms with Crippen LogP contribution in [0.15, 0.2) is 36.4 Å². The monoisotopic (exact) mass is 419 g/mol. The first kappa shape index (κ1) is 21.1. The Bertz CT molecular complexity index is 841. The van der Waals surface area contributed by atoms with E-state index in [2.05, 4.69) is 15.5 Å². The Morgan fingerprint density at radius 1 is 1.10 bits per heavy atom. The first-order chi connectivity index (χ1) is 14.1. The lowest BCUT2D eigenvalue weighted by Gasteiger charge is -2.30. The molecule has 0 aliphatic carbocycles. The number of ether oxygens (including phenoxy) is 3. The molecule has 3 rings (SSSR count). The van der Waals surface area contributed by atoms with Crippen LogP contribution in [0.5, 0.6) is 11.5 Å². The predicted molar refractivity (Wildman–Crippen MR) is 115 cm³/mol. The van der Waals surface area contributed by atoms with Gasteiger partial charge < -0.3 is 29.7 Å². The topological polar surface area (TPSA) is 72.1 Å². The Kier molecular flexibility index (Phi) is 7.43. The van der Waals surface area contributed by atoms with Crippen LogP contribution in [0.25, 0.3) is 0 Å². The third-order valence-corrected chi connectivity index (χ3v) is 4.94. The second-order valence-electron chi connectivity index (χ2n) is 6.58. The Morgan fingerprint density at radius 2 is 1.86 bits per heavy atom. The summed E-state index contributed by atoms with van der Waals surface area (Å²) in [4.78, 5) is 14.6. The van der Waals surface area contributed by atoms with Gasteiger partial charge in [-0.1, -0.05) is 17.7 Å².